The molecule has 0 spiro atoms. The Bertz CT molecular complexity index is 6.00. The first-order valence-corrected chi connectivity index (χ1v) is 7.60. The van der Waals surface area contributed by atoms with Crippen LogP contribution in [0.1, 0.15) is 0 Å². The normalized spacial score (nSPS) is 1.50. The van der Waals surface area contributed by atoms with Crippen LogP contribution in [-0.2, 0) is 79.0 Å². The Hall–Kier alpha value is 3.01. The molecule has 0 unspecified atom stereocenters. The molecule has 12 valence electrons. The quantitative estimate of drug-likeness (QED) is 0.403. The molecule has 0 N–H and O–H groups in total. The van der Waals surface area contributed by atoms with E-state index in [1.807, 2.05) is 0 Å². The van der Waals surface area contributed by atoms with E-state index in [-0.39, 0.29) is 55.0 Å². The van der Waals surface area contributed by atoms with Gasteiger partial charge in [-0.05, 0) is 0 Å². The predicted molar refractivity (Wildman–Crippen MR) is 7.59 cm³/mol. The van der Waals surface area contributed by atoms with E-state index in [9.17, 15) is 0 Å². The van der Waals surface area contributed by atoms with Crippen molar-refractivity contribution in [3.8, 4) is 0 Å². The van der Waals surface area contributed by atoms with Gasteiger partial charge in [0.15, 0.2) is 0 Å². The molecule has 0 aromatic rings. The number of rotatable bonds is 0. The van der Waals surface area contributed by atoms with Crippen molar-refractivity contribution in [2.24, 2.45) is 0 Å². The molecule has 0 aliphatic heterocycles. The van der Waals surface area contributed by atoms with Crippen molar-refractivity contribution >= 4 is 8.58 Å². The Balaban J connectivity index is -0.00000000500. The Morgan fingerprint density at radius 1 is 1.25 bits per heavy atom. The zero-order valence-electron chi connectivity index (χ0n) is 2.53. The average Bonchev–Trinajstić information content (AvgIpc) is 1.00. The zero-order valence-corrected chi connectivity index (χ0v) is 18.4. The van der Waals surface area contributed by atoms with Gasteiger partial charge < -0.3 is 0 Å². The van der Waals surface area contributed by atoms with Gasteiger partial charge in [0.05, 0.1) is 0 Å². The van der Waals surface area contributed by atoms with Crippen molar-refractivity contribution in [2.45, 2.75) is 0 Å². The first-order valence-electron chi connectivity index (χ1n) is 0.289. The van der Waals surface area contributed by atoms with Gasteiger partial charge in [-0.1, -0.05) is 0 Å². The van der Waals surface area contributed by atoms with Crippen LogP contribution in [0.5, 0.6) is 0 Å². The molecule has 0 aliphatic rings. The van der Waals surface area contributed by atoms with E-state index in [1.54, 1.807) is 0 Å². The zero-order chi connectivity index (χ0) is 2.00. The number of hydrogen-bond donors (Lipinski definition) is 0. The fraction of sp³-hybridized carbons (Fsp3) is 0. The second-order valence-electron chi connectivity index (χ2n) is 0. The van der Waals surface area contributed by atoms with Gasteiger partial charge in [0.1, 0.15) is 0 Å². The predicted octanol–water partition coefficient (Wildman–Crippen LogP) is 0.641. The molecule has 0 aliphatic carbocycles. The Labute approximate surface area is 85.5 Å². The third kappa shape index (κ3) is 8.89. The molecule has 0 aromatic carbocycles. The molecule has 0 atom stereocenters. The summed E-state index contributed by atoms with van der Waals surface area (Å²) in [7, 11) is 4.28. The molecule has 0 nitrogen and oxygen atoms in total. The van der Waals surface area contributed by atoms with Gasteiger partial charge in [-0.25, -0.2) is 0 Å². The third-order valence-corrected chi connectivity index (χ3v) is 0. The monoisotopic (exact) mass is 550 g/mol. The first-order chi connectivity index (χ1) is 1.00. The van der Waals surface area contributed by atoms with Crippen molar-refractivity contribution in [1.29, 1.82) is 0 Å². The molecule has 0 fully saturated rings. The van der Waals surface area contributed by atoms with Crippen molar-refractivity contribution < 1.29 is 79.0 Å². The fourth-order valence-corrected chi connectivity index (χ4v) is 0. The summed E-state index contributed by atoms with van der Waals surface area (Å²) in [5.41, 5.74) is 0. The average molecular weight is 546 g/mol. The summed E-state index contributed by atoms with van der Waals surface area (Å²) in [5.74, 6) is 0. The summed E-state index contributed by atoms with van der Waals surface area (Å²) >= 11 is 0.611. The number of hydrogen-bond acceptors (Lipinski definition) is 1. The van der Waals surface area contributed by atoms with Crippen LogP contribution < -0.4 is 0 Å². The maximum absolute atomic E-state index is 4.28. The second-order valence-corrected chi connectivity index (χ2v) is 0. The van der Waals surface area contributed by atoms with E-state index in [4.69, 9.17) is 0 Å². The van der Waals surface area contributed by atoms with E-state index in [1.165, 1.54) is 0 Å². The van der Waals surface area contributed by atoms with Crippen molar-refractivity contribution in [3.63, 3.8) is 0 Å². The molecule has 0 amide bonds. The van der Waals surface area contributed by atoms with Crippen LogP contribution in [0, 0.1) is 0 Å². The van der Waals surface area contributed by atoms with Crippen LogP contribution in [0.4, 0.5) is 0 Å². The SMILES string of the molecule is [Cd].[Hg].[S]=[Hg]. The van der Waals surface area contributed by atoms with Crippen LogP contribution in [0.15, 0.2) is 0 Å². The van der Waals surface area contributed by atoms with Gasteiger partial charge >= 0.3 is 32.6 Å². The molecule has 0 heterocycles. The van der Waals surface area contributed by atoms with Crippen molar-refractivity contribution in [2.75, 3.05) is 0 Å². The molecule has 4 heavy (non-hydrogen) atoms. The Morgan fingerprint density at radius 3 is 1.25 bits per heavy atom. The summed E-state index contributed by atoms with van der Waals surface area (Å²) < 4.78 is 0. The standard InChI is InChI=1S/Cd.2Hg.S. The maximum atomic E-state index is 4.28. The van der Waals surface area contributed by atoms with E-state index < -0.39 is 0 Å². The van der Waals surface area contributed by atoms with E-state index in [0.717, 1.165) is 0 Å². The molecule has 0 bridgehead atoms. The molecular formula is CdHg2S. The summed E-state index contributed by atoms with van der Waals surface area (Å²) in [6, 6.07) is 0. The minimum atomic E-state index is 0. The summed E-state index contributed by atoms with van der Waals surface area (Å²) in [6.45, 7) is 0. The molecule has 0 rings (SSSR count). The van der Waals surface area contributed by atoms with Gasteiger partial charge in [0.2, 0.25) is 0 Å². The molecule has 4 heteroatoms. The van der Waals surface area contributed by atoms with E-state index >= 15 is 0 Å². The molecule has 0 aromatic heterocycles. The molecule has 0 saturated carbocycles. The van der Waals surface area contributed by atoms with Gasteiger partial charge in [-0.15, -0.1) is 0 Å². The third-order valence-electron chi connectivity index (χ3n) is 0. The Kier molecular flexibility index (Phi) is 65.5. The van der Waals surface area contributed by atoms with Crippen LogP contribution in [-0.4, -0.2) is 0 Å². The second kappa shape index (κ2) is 16.6. The fourth-order valence-electron chi connectivity index (χ4n) is 0. The first kappa shape index (κ1) is 15.7. The summed E-state index contributed by atoms with van der Waals surface area (Å²) in [5, 5.41) is 0. The summed E-state index contributed by atoms with van der Waals surface area (Å²) in [6.07, 6.45) is 0. The van der Waals surface area contributed by atoms with E-state index in [0.29, 0.717) is 24.0 Å². The van der Waals surface area contributed by atoms with Gasteiger partial charge in [0, 0.05) is 55.0 Å². The topological polar surface area (TPSA) is 0 Å². The van der Waals surface area contributed by atoms with Crippen LogP contribution in [0.2, 0.25) is 0 Å². The summed E-state index contributed by atoms with van der Waals surface area (Å²) in [4.78, 5) is 0. The van der Waals surface area contributed by atoms with Gasteiger partial charge in [0.25, 0.3) is 0 Å². The van der Waals surface area contributed by atoms with Crippen LogP contribution in [0.25, 0.3) is 0 Å². The van der Waals surface area contributed by atoms with Crippen LogP contribution >= 0.6 is 8.58 Å². The van der Waals surface area contributed by atoms with Crippen molar-refractivity contribution in [1.82, 2.24) is 0 Å². The molecular weight excluding hydrogens is 546 g/mol. The Morgan fingerprint density at radius 2 is 1.25 bits per heavy atom. The van der Waals surface area contributed by atoms with E-state index in [2.05, 4.69) is 8.58 Å². The minimum absolute atomic E-state index is 0. The molecule has 0 saturated heterocycles. The van der Waals surface area contributed by atoms with Gasteiger partial charge in [-0.3, -0.25) is 0 Å². The van der Waals surface area contributed by atoms with Crippen LogP contribution in [0.3, 0.4) is 0 Å². The van der Waals surface area contributed by atoms with Gasteiger partial charge in [-0.2, -0.15) is 0 Å². The molecule has 0 radical (unpaired) electrons. The van der Waals surface area contributed by atoms with Crippen molar-refractivity contribution in [3.05, 3.63) is 0 Å².